The number of nitrogens with one attached hydrogen (secondary N) is 1. The second kappa shape index (κ2) is 5.83. The number of nitrogens with zero attached hydrogens (tertiary/aromatic N) is 1. The molecule has 0 rings (SSSR count). The normalized spacial score (nSPS) is 10.5. The molecule has 50 valence electrons. The van der Waals surface area contributed by atoms with Crippen molar-refractivity contribution in [3.63, 3.8) is 0 Å². The van der Waals surface area contributed by atoms with E-state index in [1.54, 1.807) is 11.9 Å². The molecule has 0 heterocycles. The van der Waals surface area contributed by atoms with Crippen molar-refractivity contribution < 1.29 is 0 Å². The summed E-state index contributed by atoms with van der Waals surface area (Å²) in [5, 5.41) is 3.06. The van der Waals surface area contributed by atoms with Crippen LogP contribution in [0.25, 0.3) is 0 Å². The largest absolute Gasteiger partial charge is 0.318 e. The van der Waals surface area contributed by atoms with Crippen LogP contribution in [0.5, 0.6) is 0 Å². The topological polar surface area (TPSA) is 15.3 Å². The molecule has 4 heteroatoms. The molecule has 0 saturated carbocycles. The zero-order valence-corrected chi connectivity index (χ0v) is 7.32. The standard InChI is InChI=1S/C4H13N2PS/c1-5-3-4-6(7)8-2/h5H,3-4,7H2,1-2H3. The van der Waals surface area contributed by atoms with Gasteiger partial charge in [-0.05, 0) is 13.3 Å². The zero-order chi connectivity index (χ0) is 6.41. The number of hydrogen-bond donors (Lipinski definition) is 1. The average molecular weight is 152 g/mol. The van der Waals surface area contributed by atoms with Crippen LogP contribution in [-0.2, 0) is 0 Å². The van der Waals surface area contributed by atoms with E-state index in [9.17, 15) is 0 Å². The average Bonchev–Trinajstić information content (AvgIpc) is 1.83. The molecule has 0 radical (unpaired) electrons. The van der Waals surface area contributed by atoms with Crippen LogP contribution in [0.3, 0.4) is 0 Å². The summed E-state index contributed by atoms with van der Waals surface area (Å²) in [6.45, 7) is 2.12. The van der Waals surface area contributed by atoms with Gasteiger partial charge in [-0.2, -0.15) is 0 Å². The van der Waals surface area contributed by atoms with E-state index < -0.39 is 0 Å². The fourth-order valence-electron chi connectivity index (χ4n) is 0.313. The Kier molecular flexibility index (Phi) is 6.34. The molecule has 0 fully saturated rings. The smallest absolute Gasteiger partial charge is 0.0250 e. The molecular formula is C4H13N2PS. The summed E-state index contributed by atoms with van der Waals surface area (Å²) in [5.41, 5.74) is 0. The van der Waals surface area contributed by atoms with Gasteiger partial charge in [0.15, 0.2) is 0 Å². The third kappa shape index (κ3) is 4.85. The van der Waals surface area contributed by atoms with Crippen LogP contribution in [0.1, 0.15) is 0 Å². The summed E-state index contributed by atoms with van der Waals surface area (Å²) in [5.74, 6) is 0. The predicted molar refractivity (Wildman–Crippen MR) is 43.9 cm³/mol. The van der Waals surface area contributed by atoms with E-state index in [-0.39, 0.29) is 0 Å². The Labute approximate surface area is 57.8 Å². The highest BCUT2D eigenvalue weighted by atomic mass is 32.2. The Morgan fingerprint density at radius 2 is 2.38 bits per heavy atom. The van der Waals surface area contributed by atoms with Crippen LogP contribution in [0, 0.1) is 0 Å². The summed E-state index contributed by atoms with van der Waals surface area (Å²) < 4.78 is 2.11. The van der Waals surface area contributed by atoms with E-state index in [0.717, 1.165) is 13.1 Å². The molecule has 0 aliphatic carbocycles. The monoisotopic (exact) mass is 152 g/mol. The minimum Gasteiger partial charge on any atom is -0.318 e. The Hall–Kier alpha value is 0.700. The maximum absolute atomic E-state index is 3.06. The molecule has 2 nitrogen and oxygen atoms in total. The third-order valence-electron chi connectivity index (χ3n) is 0.817. The molecule has 0 bridgehead atoms. The van der Waals surface area contributed by atoms with E-state index in [1.165, 1.54) is 0 Å². The van der Waals surface area contributed by atoms with Gasteiger partial charge in [0.05, 0.1) is 0 Å². The van der Waals surface area contributed by atoms with Gasteiger partial charge < -0.3 is 5.32 Å². The molecular weight excluding hydrogens is 139 g/mol. The number of hydrogen-bond acceptors (Lipinski definition) is 3. The van der Waals surface area contributed by atoms with Gasteiger partial charge in [0.1, 0.15) is 0 Å². The lowest BCUT2D eigenvalue weighted by molar-refractivity contribution is 0.672. The molecule has 0 aromatic rings. The minimum absolute atomic E-state index is 1.05. The molecule has 0 aromatic carbocycles. The molecule has 0 aromatic heterocycles. The maximum Gasteiger partial charge on any atom is 0.0250 e. The molecule has 0 saturated heterocycles. The molecule has 8 heavy (non-hydrogen) atoms. The van der Waals surface area contributed by atoms with Crippen LogP contribution in [-0.4, -0.2) is 30.5 Å². The Morgan fingerprint density at radius 1 is 1.75 bits per heavy atom. The molecule has 0 amide bonds. The first-order chi connectivity index (χ1) is 3.81. The predicted octanol–water partition coefficient (Wildman–Crippen LogP) is 0.576. The highest BCUT2D eigenvalue weighted by molar-refractivity contribution is 7.98. The van der Waals surface area contributed by atoms with Crippen molar-refractivity contribution in [1.82, 2.24) is 9.39 Å². The van der Waals surface area contributed by atoms with Gasteiger partial charge in [0.2, 0.25) is 0 Å². The van der Waals surface area contributed by atoms with E-state index >= 15 is 0 Å². The first kappa shape index (κ1) is 8.70. The quantitative estimate of drug-likeness (QED) is 0.468. The first-order valence-electron chi connectivity index (χ1n) is 2.52. The van der Waals surface area contributed by atoms with Crippen LogP contribution in [0.2, 0.25) is 0 Å². The van der Waals surface area contributed by atoms with Crippen molar-refractivity contribution in [3.05, 3.63) is 0 Å². The van der Waals surface area contributed by atoms with E-state index in [2.05, 4.69) is 25.0 Å². The fourth-order valence-corrected chi connectivity index (χ4v) is 0.716. The molecule has 0 aliphatic rings. The summed E-state index contributed by atoms with van der Waals surface area (Å²) in [7, 11) is 4.60. The lowest BCUT2D eigenvalue weighted by Gasteiger charge is -2.10. The second-order valence-corrected chi connectivity index (χ2v) is 3.26. The van der Waals surface area contributed by atoms with Gasteiger partial charge in [-0.1, -0.05) is 21.3 Å². The molecule has 1 atom stereocenters. The van der Waals surface area contributed by atoms with E-state index in [0.29, 0.717) is 0 Å². The van der Waals surface area contributed by atoms with Crippen molar-refractivity contribution in [2.45, 2.75) is 0 Å². The third-order valence-corrected chi connectivity index (χ3v) is 2.36. The van der Waals surface area contributed by atoms with Crippen LogP contribution >= 0.6 is 21.3 Å². The lowest BCUT2D eigenvalue weighted by Crippen LogP contribution is -2.18. The Morgan fingerprint density at radius 3 is 2.75 bits per heavy atom. The summed E-state index contributed by atoms with van der Waals surface area (Å²) in [4.78, 5) is 0. The fraction of sp³-hybridized carbons (Fsp3) is 1.00. The summed E-state index contributed by atoms with van der Waals surface area (Å²) in [6.07, 6.45) is 2.06. The molecule has 1 unspecified atom stereocenters. The van der Waals surface area contributed by atoms with Crippen molar-refractivity contribution in [1.29, 1.82) is 0 Å². The van der Waals surface area contributed by atoms with Gasteiger partial charge >= 0.3 is 0 Å². The van der Waals surface area contributed by atoms with Gasteiger partial charge in [-0.15, -0.1) is 0 Å². The van der Waals surface area contributed by atoms with Gasteiger partial charge in [0, 0.05) is 13.1 Å². The first-order valence-corrected chi connectivity index (χ1v) is 4.22. The van der Waals surface area contributed by atoms with E-state index in [4.69, 9.17) is 0 Å². The number of rotatable bonds is 4. The SMILES string of the molecule is CNCCN(P)SC. The second-order valence-electron chi connectivity index (χ2n) is 1.43. The zero-order valence-electron chi connectivity index (χ0n) is 5.35. The van der Waals surface area contributed by atoms with Crippen molar-refractivity contribution in [2.75, 3.05) is 26.4 Å². The van der Waals surface area contributed by atoms with Crippen molar-refractivity contribution in [2.24, 2.45) is 0 Å². The summed E-state index contributed by atoms with van der Waals surface area (Å²) >= 11 is 1.72. The molecule has 0 spiro atoms. The minimum atomic E-state index is 1.05. The molecule has 1 N–H and O–H groups in total. The van der Waals surface area contributed by atoms with Crippen LogP contribution < -0.4 is 5.32 Å². The lowest BCUT2D eigenvalue weighted by atomic mass is 10.7. The van der Waals surface area contributed by atoms with E-state index in [1.807, 2.05) is 7.05 Å². The Balaban J connectivity index is 2.86. The highest BCUT2D eigenvalue weighted by Crippen LogP contribution is 2.08. The van der Waals surface area contributed by atoms with Crippen molar-refractivity contribution >= 4 is 21.3 Å². The highest BCUT2D eigenvalue weighted by Gasteiger charge is 1.89. The number of likely N-dealkylation sites (N-methyl/N-ethyl adjacent to an activating group) is 1. The van der Waals surface area contributed by atoms with Crippen molar-refractivity contribution in [3.8, 4) is 0 Å². The summed E-state index contributed by atoms with van der Waals surface area (Å²) in [6, 6.07) is 0. The Bertz CT molecular complexity index is 53.3. The molecule has 0 aliphatic heterocycles. The van der Waals surface area contributed by atoms with Crippen LogP contribution in [0.4, 0.5) is 0 Å². The van der Waals surface area contributed by atoms with Gasteiger partial charge in [-0.3, -0.25) is 0 Å². The van der Waals surface area contributed by atoms with Crippen LogP contribution in [0.15, 0.2) is 0 Å². The maximum atomic E-state index is 3.06. The van der Waals surface area contributed by atoms with Gasteiger partial charge in [-0.25, -0.2) is 4.08 Å². The van der Waals surface area contributed by atoms with Gasteiger partial charge in [0.25, 0.3) is 0 Å².